The number of likely N-dealkylation sites (tertiary alicyclic amines) is 4. The van der Waals surface area contributed by atoms with Gasteiger partial charge in [-0.25, -0.2) is 14.8 Å². The highest BCUT2D eigenvalue weighted by Gasteiger charge is 2.57. The standard InChI is InChI=1S/C35H43Cl2N5O2S.C29H31Cl2N3O3S.C6H14N2/c1-7-26-16-17-28(32(43)40(6)27-18-19-39(5)20-27)41(26)33(44)30-29(21(2)3)42-31(22-8-12-24(36)13-9-22)35(4,38-34(42)45-30)23-10-14-25(37)15-11-23;1-5-21-14-15-22(27(36)37)33(21)26(35)24-23(16(2)3)34-25(17-6-10-19(30)11-7-17)29(4,32-28(34)38-24)18-8-12-20(31)13-9-18;1-7-6-3-4-8(2)5-6/h8-15,21,26-28,31H,7,16-20H2,1-6H3;6-13,16,21-22,25H,5,14-15H2,1-4H3,(H,36,37);6-7H,3-5H2,1-2H3/t26-,27-,28+,31-,35+;21-,22+,25-,29+;6-/m111/s1. The van der Waals surface area contributed by atoms with E-state index in [0.717, 1.165) is 88.8 Å². The lowest BCUT2D eigenvalue weighted by Gasteiger charge is -2.37. The van der Waals surface area contributed by atoms with Crippen LogP contribution in [0.15, 0.2) is 128 Å². The van der Waals surface area contributed by atoms with Crippen molar-refractivity contribution < 1.29 is 24.3 Å². The van der Waals surface area contributed by atoms with Crippen molar-refractivity contribution in [1.29, 1.82) is 0 Å². The van der Waals surface area contributed by atoms with Crippen molar-refractivity contribution in [2.45, 2.75) is 166 Å². The maximum Gasteiger partial charge on any atom is 0.326 e. The van der Waals surface area contributed by atoms with Gasteiger partial charge in [0.2, 0.25) is 5.91 Å². The molecular weight excluding hydrogens is 1270 g/mol. The Morgan fingerprint density at radius 2 is 0.978 bits per heavy atom. The van der Waals surface area contributed by atoms with Crippen LogP contribution in [0.4, 0.5) is 0 Å². The van der Waals surface area contributed by atoms with E-state index in [1.807, 2.05) is 116 Å². The average Bonchev–Trinajstić information content (AvgIpc) is 1.57. The summed E-state index contributed by atoms with van der Waals surface area (Å²) in [5.74, 6) is -1.11. The van der Waals surface area contributed by atoms with Crippen LogP contribution in [0.2, 0.25) is 20.1 Å². The Labute approximate surface area is 567 Å². The molecule has 4 fully saturated rings. The van der Waals surface area contributed by atoms with Gasteiger partial charge in [-0.05, 0) is 206 Å². The molecule has 8 aliphatic heterocycles. The topological polar surface area (TPSA) is 148 Å². The van der Waals surface area contributed by atoms with Crippen LogP contribution >= 0.6 is 69.9 Å². The minimum Gasteiger partial charge on any atom is -0.480 e. The van der Waals surface area contributed by atoms with Gasteiger partial charge >= 0.3 is 5.97 Å². The van der Waals surface area contributed by atoms with E-state index >= 15 is 0 Å². The van der Waals surface area contributed by atoms with Crippen molar-refractivity contribution in [3.63, 3.8) is 0 Å². The fourth-order valence-electron chi connectivity index (χ4n) is 14.8. The third-order valence-corrected chi connectivity index (χ3v) is 22.9. The molecule has 8 heterocycles. The number of carbonyl (C=O) groups is 4. The van der Waals surface area contributed by atoms with Crippen molar-refractivity contribution in [2.75, 3.05) is 54.4 Å². The van der Waals surface area contributed by atoms with E-state index in [4.69, 9.17) is 56.4 Å². The first-order valence-corrected chi connectivity index (χ1v) is 35.3. The number of rotatable bonds is 14. The number of aliphatic carboxylic acids is 1. The molecule has 0 spiro atoms. The van der Waals surface area contributed by atoms with Gasteiger partial charge in [0.05, 0.1) is 12.1 Å². The van der Waals surface area contributed by atoms with Crippen molar-refractivity contribution in [3.05, 3.63) is 161 Å². The fourth-order valence-corrected chi connectivity index (χ4v) is 18.1. The number of benzene rings is 4. The summed E-state index contributed by atoms with van der Waals surface area (Å²) in [5.41, 5.74) is 4.69. The van der Waals surface area contributed by atoms with Gasteiger partial charge in [-0.1, -0.05) is 136 Å². The van der Waals surface area contributed by atoms with Crippen LogP contribution in [0.25, 0.3) is 0 Å². The quantitative estimate of drug-likeness (QED) is 0.124. The molecule has 4 aromatic carbocycles. The summed E-state index contributed by atoms with van der Waals surface area (Å²) in [6.07, 6.45) is 6.50. The zero-order valence-corrected chi connectivity index (χ0v) is 59.1. The minimum atomic E-state index is -0.948. The predicted molar refractivity (Wildman–Crippen MR) is 373 cm³/mol. The molecule has 91 heavy (non-hydrogen) atoms. The largest absolute Gasteiger partial charge is 0.480 e. The van der Waals surface area contributed by atoms with Crippen molar-refractivity contribution in [1.82, 2.24) is 39.6 Å². The average molecular weight is 1360 g/mol. The van der Waals surface area contributed by atoms with E-state index in [2.05, 4.69) is 99.6 Å². The number of amidine groups is 2. The van der Waals surface area contributed by atoms with Crippen LogP contribution in [0.3, 0.4) is 0 Å². The summed E-state index contributed by atoms with van der Waals surface area (Å²) in [5, 5.41) is 17.3. The normalized spacial score (nSPS) is 28.0. The summed E-state index contributed by atoms with van der Waals surface area (Å²) >= 11 is 27.9. The van der Waals surface area contributed by atoms with Crippen LogP contribution < -0.4 is 5.32 Å². The van der Waals surface area contributed by atoms with E-state index in [1.54, 1.807) is 4.90 Å². The molecule has 0 unspecified atom stereocenters. The first-order chi connectivity index (χ1) is 43.3. The number of nitrogens with zero attached hydrogens (tertiary/aromatic N) is 9. The van der Waals surface area contributed by atoms with Gasteiger partial charge in [0.15, 0.2) is 10.3 Å². The number of amides is 3. The lowest BCUT2D eigenvalue weighted by molar-refractivity contribution is -0.148. The molecule has 4 aromatic rings. The first-order valence-electron chi connectivity index (χ1n) is 32.2. The van der Waals surface area contributed by atoms with E-state index in [9.17, 15) is 24.3 Å². The smallest absolute Gasteiger partial charge is 0.326 e. The van der Waals surface area contributed by atoms with Crippen LogP contribution in [-0.2, 0) is 30.3 Å². The number of carboxylic acid groups (broad SMARTS) is 1. The minimum absolute atomic E-state index is 0.00229. The summed E-state index contributed by atoms with van der Waals surface area (Å²) < 4.78 is 0. The number of nitrogens with one attached hydrogen (secondary N) is 1. The van der Waals surface area contributed by atoms with Gasteiger partial charge in [0.1, 0.15) is 33.0 Å². The van der Waals surface area contributed by atoms with E-state index in [-0.39, 0.29) is 59.8 Å². The molecule has 0 saturated carbocycles. The zero-order valence-electron chi connectivity index (χ0n) is 54.4. The monoisotopic (exact) mass is 1350 g/mol. The first kappa shape index (κ1) is 68.8. The highest BCUT2D eigenvalue weighted by Crippen LogP contribution is 2.59. The fraction of sp³-hybridized carbons (Fsp3) is 0.514. The molecule has 10 atom stereocenters. The Morgan fingerprint density at radius 3 is 1.32 bits per heavy atom. The molecule has 0 aliphatic carbocycles. The third-order valence-electron chi connectivity index (χ3n) is 19.8. The lowest BCUT2D eigenvalue weighted by Crippen LogP contribution is -2.52. The molecule has 488 valence electrons. The van der Waals surface area contributed by atoms with Gasteiger partial charge in [-0.15, -0.1) is 0 Å². The van der Waals surface area contributed by atoms with E-state index < -0.39 is 29.1 Å². The molecule has 0 radical (unpaired) electrons. The van der Waals surface area contributed by atoms with Crippen LogP contribution in [0.5, 0.6) is 0 Å². The van der Waals surface area contributed by atoms with Gasteiger partial charge < -0.3 is 44.7 Å². The second-order valence-corrected chi connectivity index (χ2v) is 30.2. The lowest BCUT2D eigenvalue weighted by atomic mass is 9.81. The van der Waals surface area contributed by atoms with Gasteiger partial charge in [0.25, 0.3) is 11.8 Å². The number of hydrogen-bond donors (Lipinski definition) is 2. The van der Waals surface area contributed by atoms with Gasteiger partial charge in [0, 0.05) is 75.8 Å². The Kier molecular flexibility index (Phi) is 21.5. The number of thioether (sulfide) groups is 2. The molecular formula is C70H88Cl4N10O5S2. The van der Waals surface area contributed by atoms with Crippen LogP contribution in [-0.4, -0.2) is 164 Å². The third kappa shape index (κ3) is 13.6. The second-order valence-electron chi connectivity index (χ2n) is 26.5. The molecule has 3 amide bonds. The van der Waals surface area contributed by atoms with E-state index in [0.29, 0.717) is 49.2 Å². The van der Waals surface area contributed by atoms with E-state index in [1.165, 1.54) is 43.0 Å². The number of carboxylic acids is 1. The maximum atomic E-state index is 14.8. The Hall–Kier alpha value is -5.08. The predicted octanol–water partition coefficient (Wildman–Crippen LogP) is 14.2. The summed E-state index contributed by atoms with van der Waals surface area (Å²) in [6, 6.07) is 30.5. The number of halogens is 4. The second kappa shape index (κ2) is 28.5. The molecule has 15 nitrogen and oxygen atoms in total. The summed E-state index contributed by atoms with van der Waals surface area (Å²) in [6.45, 7) is 21.1. The Bertz CT molecular complexity index is 3480. The number of aliphatic imine (C=N–C) groups is 2. The van der Waals surface area contributed by atoms with Crippen molar-refractivity contribution in [3.8, 4) is 0 Å². The number of allylic oxidation sites excluding steroid dienone is 2. The highest BCUT2D eigenvalue weighted by molar-refractivity contribution is 8.18. The van der Waals surface area contributed by atoms with Crippen molar-refractivity contribution >= 4 is 104 Å². The van der Waals surface area contributed by atoms with Crippen LogP contribution in [0, 0.1) is 11.8 Å². The molecule has 8 aliphatic rings. The Balaban J connectivity index is 0.000000180. The van der Waals surface area contributed by atoms with Gasteiger partial charge in [-0.2, -0.15) is 0 Å². The molecule has 0 aromatic heterocycles. The number of hydrogen-bond acceptors (Lipinski definition) is 13. The molecule has 4 saturated heterocycles. The molecule has 0 bridgehead atoms. The highest BCUT2D eigenvalue weighted by atomic mass is 35.5. The number of carbonyl (C=O) groups excluding carboxylic acids is 3. The van der Waals surface area contributed by atoms with Crippen LogP contribution in [0.1, 0.15) is 141 Å². The molecule has 21 heteroatoms. The molecule has 12 rings (SSSR count). The maximum absolute atomic E-state index is 14.8. The van der Waals surface area contributed by atoms with Gasteiger partial charge in [-0.3, -0.25) is 14.4 Å². The Morgan fingerprint density at radius 1 is 0.593 bits per heavy atom. The number of likely N-dealkylation sites (N-methyl/N-ethyl adjacent to an activating group) is 4. The SMILES string of the molecule is CC[C@@H]1CC[C@@H](C(=O)N(C)[C@@H]2CCN(C)C2)N1C(=O)C1=C(C(C)C)N2C(=N[C@@](C)(c3ccc(Cl)cc3)[C@H]2c2ccc(Cl)cc2)S1.CC[C@@H]1CC[C@@H](C(=O)O)N1C(=O)C1=C(C(C)C)N2C(=N[C@@](C)(c3ccc(Cl)cc3)[C@H]2c2ccc(Cl)cc2)S1.CN[C@@H]1CCN(C)C1. The zero-order chi connectivity index (χ0) is 65.5. The summed E-state index contributed by atoms with van der Waals surface area (Å²) in [4.78, 5) is 81.3. The number of fused-ring (bicyclic) bond motifs is 2. The summed E-state index contributed by atoms with van der Waals surface area (Å²) in [7, 11) is 8.20. The molecule has 2 N–H and O–H groups in total. The van der Waals surface area contributed by atoms with Crippen molar-refractivity contribution in [2.24, 2.45) is 21.8 Å².